The van der Waals surface area contributed by atoms with E-state index in [2.05, 4.69) is 45.0 Å². The zero-order chi connectivity index (χ0) is 15.6. The lowest BCUT2D eigenvalue weighted by Crippen LogP contribution is -2.48. The Labute approximate surface area is 160 Å². The molecule has 1 saturated heterocycles. The van der Waals surface area contributed by atoms with Crippen LogP contribution in [0.3, 0.4) is 0 Å². The molecule has 1 aliphatic rings. The van der Waals surface area contributed by atoms with Crippen molar-refractivity contribution in [3.05, 3.63) is 17.5 Å². The standard InChI is InChI=1S/C16H28N4OS.HI/c1-3-17-16(18-9-5-12-21-2)19-14-7-10-20(11-8-14)15-6-4-13-22-15;/h4,6,13-14H,3,5,7-12H2,1-2H3,(H2,17,18,19);1H. The molecule has 0 unspecified atom stereocenters. The lowest BCUT2D eigenvalue weighted by Gasteiger charge is -2.33. The highest BCUT2D eigenvalue weighted by molar-refractivity contribution is 14.0. The molecule has 1 aliphatic heterocycles. The fourth-order valence-electron chi connectivity index (χ4n) is 2.61. The summed E-state index contributed by atoms with van der Waals surface area (Å²) in [5, 5.41) is 10.4. The lowest BCUT2D eigenvalue weighted by molar-refractivity contribution is 0.197. The quantitative estimate of drug-likeness (QED) is 0.289. The van der Waals surface area contributed by atoms with E-state index >= 15 is 0 Å². The Balaban J connectivity index is 0.00000264. The van der Waals surface area contributed by atoms with Gasteiger partial charge in [-0.2, -0.15) is 0 Å². The third-order valence-electron chi connectivity index (χ3n) is 3.77. The number of anilines is 1. The minimum absolute atomic E-state index is 0. The van der Waals surface area contributed by atoms with Crippen molar-refractivity contribution in [3.8, 4) is 0 Å². The number of thiophene rings is 1. The maximum absolute atomic E-state index is 5.07. The fourth-order valence-corrected chi connectivity index (χ4v) is 3.39. The average Bonchev–Trinajstić information content (AvgIpc) is 3.07. The number of methoxy groups -OCH3 is 1. The number of rotatable bonds is 7. The summed E-state index contributed by atoms with van der Waals surface area (Å²) in [5.74, 6) is 0.938. The normalized spacial score (nSPS) is 16.1. The zero-order valence-corrected chi connectivity index (χ0v) is 17.2. The second kappa shape index (κ2) is 11.9. The molecule has 2 N–H and O–H groups in total. The monoisotopic (exact) mass is 452 g/mol. The van der Waals surface area contributed by atoms with E-state index in [0.717, 1.165) is 58.0 Å². The van der Waals surface area contributed by atoms with E-state index in [1.165, 1.54) is 5.00 Å². The van der Waals surface area contributed by atoms with E-state index in [-0.39, 0.29) is 24.0 Å². The van der Waals surface area contributed by atoms with E-state index in [1.807, 2.05) is 11.3 Å². The Morgan fingerprint density at radius 2 is 2.22 bits per heavy atom. The molecule has 132 valence electrons. The molecule has 7 heteroatoms. The molecule has 0 aliphatic carbocycles. The number of halogens is 1. The number of nitrogens with zero attached hydrogens (tertiary/aromatic N) is 2. The molecule has 1 aromatic rings. The van der Waals surface area contributed by atoms with Crippen LogP contribution in [0.15, 0.2) is 22.5 Å². The number of nitrogens with one attached hydrogen (secondary N) is 2. The van der Waals surface area contributed by atoms with Crippen molar-refractivity contribution in [1.82, 2.24) is 10.6 Å². The van der Waals surface area contributed by atoms with Gasteiger partial charge in [0.15, 0.2) is 5.96 Å². The first-order valence-corrected chi connectivity index (χ1v) is 9.03. The SMILES string of the molecule is CCNC(=NCCCOC)NC1CCN(c2cccs2)CC1.I. The Bertz CT molecular complexity index is 433. The van der Waals surface area contributed by atoms with Crippen LogP contribution in [-0.4, -0.2) is 51.9 Å². The van der Waals surface area contributed by atoms with E-state index in [9.17, 15) is 0 Å². The van der Waals surface area contributed by atoms with E-state index in [1.54, 1.807) is 7.11 Å². The summed E-state index contributed by atoms with van der Waals surface area (Å²) in [4.78, 5) is 7.09. The van der Waals surface area contributed by atoms with E-state index in [0.29, 0.717) is 6.04 Å². The van der Waals surface area contributed by atoms with Crippen molar-refractivity contribution in [1.29, 1.82) is 0 Å². The van der Waals surface area contributed by atoms with Crippen LogP contribution >= 0.6 is 35.3 Å². The van der Waals surface area contributed by atoms with Gasteiger partial charge in [0.05, 0.1) is 5.00 Å². The first-order chi connectivity index (χ1) is 10.8. The Morgan fingerprint density at radius 1 is 1.43 bits per heavy atom. The summed E-state index contributed by atoms with van der Waals surface area (Å²) in [6, 6.07) is 4.84. The molecule has 23 heavy (non-hydrogen) atoms. The molecular formula is C16H29IN4OS. The van der Waals surface area contributed by atoms with Gasteiger partial charge in [-0.1, -0.05) is 0 Å². The van der Waals surface area contributed by atoms with Gasteiger partial charge in [-0.3, -0.25) is 4.99 Å². The van der Waals surface area contributed by atoms with Crippen LogP contribution in [0.1, 0.15) is 26.2 Å². The Hall–Kier alpha value is -0.540. The van der Waals surface area contributed by atoms with Gasteiger partial charge >= 0.3 is 0 Å². The van der Waals surface area contributed by atoms with E-state index < -0.39 is 0 Å². The minimum Gasteiger partial charge on any atom is -0.385 e. The molecule has 1 fully saturated rings. The number of guanidine groups is 1. The highest BCUT2D eigenvalue weighted by Gasteiger charge is 2.20. The molecule has 2 rings (SSSR count). The van der Waals surface area contributed by atoms with Crippen molar-refractivity contribution in [2.24, 2.45) is 4.99 Å². The van der Waals surface area contributed by atoms with Crippen molar-refractivity contribution < 1.29 is 4.74 Å². The zero-order valence-electron chi connectivity index (χ0n) is 14.1. The molecule has 0 spiro atoms. The average molecular weight is 452 g/mol. The van der Waals surface area contributed by atoms with Crippen LogP contribution in [0.5, 0.6) is 0 Å². The van der Waals surface area contributed by atoms with E-state index in [4.69, 9.17) is 4.74 Å². The first kappa shape index (κ1) is 20.5. The van der Waals surface area contributed by atoms with Gasteiger partial charge in [0.25, 0.3) is 0 Å². The molecule has 0 bridgehead atoms. The second-order valence-corrected chi connectivity index (χ2v) is 6.39. The summed E-state index contributed by atoms with van der Waals surface area (Å²) < 4.78 is 5.07. The molecular weight excluding hydrogens is 423 g/mol. The topological polar surface area (TPSA) is 48.9 Å². The van der Waals surface area contributed by atoms with Gasteiger partial charge in [0.2, 0.25) is 0 Å². The molecule has 0 aromatic carbocycles. The molecule has 2 heterocycles. The summed E-state index contributed by atoms with van der Waals surface area (Å²) >= 11 is 1.83. The number of aliphatic imine (C=N–C) groups is 1. The number of hydrogen-bond acceptors (Lipinski definition) is 4. The summed E-state index contributed by atoms with van der Waals surface area (Å²) in [7, 11) is 1.73. The number of hydrogen-bond donors (Lipinski definition) is 2. The van der Waals surface area contributed by atoms with Crippen molar-refractivity contribution in [2.75, 3.05) is 44.8 Å². The molecule has 0 radical (unpaired) electrons. The van der Waals surface area contributed by atoms with Gasteiger partial charge in [-0.05, 0) is 43.7 Å². The van der Waals surface area contributed by atoms with Crippen LogP contribution in [0.4, 0.5) is 5.00 Å². The molecule has 0 amide bonds. The Kier molecular flexibility index (Phi) is 10.6. The van der Waals surface area contributed by atoms with Gasteiger partial charge in [0, 0.05) is 45.9 Å². The summed E-state index contributed by atoms with van der Waals surface area (Å²) in [5.41, 5.74) is 0. The fraction of sp³-hybridized carbons (Fsp3) is 0.688. The smallest absolute Gasteiger partial charge is 0.191 e. The largest absolute Gasteiger partial charge is 0.385 e. The number of piperidine rings is 1. The predicted octanol–water partition coefficient (Wildman–Crippen LogP) is 2.93. The van der Waals surface area contributed by atoms with Crippen molar-refractivity contribution in [2.45, 2.75) is 32.2 Å². The number of ether oxygens (including phenoxy) is 1. The van der Waals surface area contributed by atoms with Gasteiger partial charge in [0.1, 0.15) is 0 Å². The molecule has 0 atom stereocenters. The van der Waals surface area contributed by atoms with Gasteiger partial charge < -0.3 is 20.3 Å². The highest BCUT2D eigenvalue weighted by Crippen LogP contribution is 2.24. The summed E-state index contributed by atoms with van der Waals surface area (Å²) in [6.07, 6.45) is 3.27. The minimum atomic E-state index is 0. The van der Waals surface area contributed by atoms with Crippen LogP contribution in [-0.2, 0) is 4.74 Å². The van der Waals surface area contributed by atoms with Gasteiger partial charge in [-0.15, -0.1) is 35.3 Å². The molecule has 5 nitrogen and oxygen atoms in total. The van der Waals surface area contributed by atoms with Crippen molar-refractivity contribution >= 4 is 46.3 Å². The highest BCUT2D eigenvalue weighted by atomic mass is 127. The maximum atomic E-state index is 5.07. The van der Waals surface area contributed by atoms with Crippen LogP contribution in [0.25, 0.3) is 0 Å². The Morgan fingerprint density at radius 3 is 2.83 bits per heavy atom. The lowest BCUT2D eigenvalue weighted by atomic mass is 10.1. The molecule has 0 saturated carbocycles. The maximum Gasteiger partial charge on any atom is 0.191 e. The summed E-state index contributed by atoms with van der Waals surface area (Å²) in [6.45, 7) is 6.79. The van der Waals surface area contributed by atoms with Gasteiger partial charge in [-0.25, -0.2) is 0 Å². The van der Waals surface area contributed by atoms with Crippen LogP contribution in [0, 0.1) is 0 Å². The molecule has 1 aromatic heterocycles. The third kappa shape index (κ3) is 7.26. The predicted molar refractivity (Wildman–Crippen MR) is 111 cm³/mol. The van der Waals surface area contributed by atoms with Crippen molar-refractivity contribution in [3.63, 3.8) is 0 Å². The van der Waals surface area contributed by atoms with Crippen LogP contribution in [0.2, 0.25) is 0 Å². The van der Waals surface area contributed by atoms with Crippen LogP contribution < -0.4 is 15.5 Å². The second-order valence-electron chi connectivity index (χ2n) is 5.46. The first-order valence-electron chi connectivity index (χ1n) is 8.15. The third-order valence-corrected chi connectivity index (χ3v) is 4.70.